The zero-order valence-electron chi connectivity index (χ0n) is 11.5. The zero-order chi connectivity index (χ0) is 12.1. The Labute approximate surface area is 106 Å². The molecule has 0 aromatic heterocycles. The third kappa shape index (κ3) is 5.07. The first-order valence-electron chi connectivity index (χ1n) is 6.59. The fraction of sp³-hybridized carbons (Fsp3) is 1.00. The fourth-order valence-electron chi connectivity index (χ4n) is 2.29. The highest BCUT2D eigenvalue weighted by Gasteiger charge is 2.25. The van der Waals surface area contributed by atoms with Gasteiger partial charge in [-0.2, -0.15) is 11.8 Å². The minimum atomic E-state index is 0.671. The highest BCUT2D eigenvalue weighted by molar-refractivity contribution is 8.00. The molecule has 3 atom stereocenters. The summed E-state index contributed by atoms with van der Waals surface area (Å²) in [5.74, 6) is 0.752. The molecule has 3 unspecified atom stereocenters. The lowest BCUT2D eigenvalue weighted by Gasteiger charge is -2.38. The third-order valence-corrected chi connectivity index (χ3v) is 4.29. The Bertz CT molecular complexity index is 186. The summed E-state index contributed by atoms with van der Waals surface area (Å²) in [4.78, 5) is 2.64. The van der Waals surface area contributed by atoms with E-state index in [1.54, 1.807) is 0 Å². The Kier molecular flexibility index (Phi) is 6.16. The van der Waals surface area contributed by atoms with Crippen molar-refractivity contribution >= 4 is 11.8 Å². The predicted molar refractivity (Wildman–Crippen MR) is 75.3 cm³/mol. The van der Waals surface area contributed by atoms with E-state index in [1.165, 1.54) is 13.1 Å². The van der Waals surface area contributed by atoms with Crippen molar-refractivity contribution in [2.75, 3.05) is 26.2 Å². The van der Waals surface area contributed by atoms with Gasteiger partial charge in [0.15, 0.2) is 0 Å². The second kappa shape index (κ2) is 6.87. The van der Waals surface area contributed by atoms with Gasteiger partial charge in [-0.25, -0.2) is 0 Å². The van der Waals surface area contributed by atoms with Crippen LogP contribution < -0.4 is 5.32 Å². The Morgan fingerprint density at radius 1 is 1.12 bits per heavy atom. The quantitative estimate of drug-likeness (QED) is 0.800. The number of nitrogens with zero attached hydrogens (tertiary/aromatic N) is 1. The van der Waals surface area contributed by atoms with Crippen LogP contribution in [0.3, 0.4) is 0 Å². The largest absolute Gasteiger partial charge is 0.315 e. The second-order valence-electron chi connectivity index (χ2n) is 5.61. The van der Waals surface area contributed by atoms with Gasteiger partial charge in [-0.1, -0.05) is 27.7 Å². The highest BCUT2D eigenvalue weighted by atomic mass is 32.2. The van der Waals surface area contributed by atoms with Crippen LogP contribution in [0.1, 0.15) is 34.6 Å². The van der Waals surface area contributed by atoms with Crippen LogP contribution in [0.25, 0.3) is 0 Å². The van der Waals surface area contributed by atoms with Gasteiger partial charge in [0.25, 0.3) is 0 Å². The number of thioether (sulfide) groups is 1. The van der Waals surface area contributed by atoms with Crippen LogP contribution in [0.2, 0.25) is 0 Å². The van der Waals surface area contributed by atoms with Gasteiger partial charge < -0.3 is 5.32 Å². The summed E-state index contributed by atoms with van der Waals surface area (Å²) in [5, 5.41) is 5.14. The first-order valence-corrected chi connectivity index (χ1v) is 7.53. The minimum Gasteiger partial charge on any atom is -0.315 e. The summed E-state index contributed by atoms with van der Waals surface area (Å²) < 4.78 is 0. The van der Waals surface area contributed by atoms with Crippen LogP contribution in [-0.2, 0) is 0 Å². The highest BCUT2D eigenvalue weighted by Crippen LogP contribution is 2.25. The molecule has 1 fully saturated rings. The molecule has 2 nitrogen and oxygen atoms in total. The molecule has 0 amide bonds. The van der Waals surface area contributed by atoms with Gasteiger partial charge in [0.2, 0.25) is 0 Å². The molecule has 0 radical (unpaired) electrons. The van der Waals surface area contributed by atoms with Gasteiger partial charge in [-0.15, -0.1) is 0 Å². The third-order valence-electron chi connectivity index (χ3n) is 3.06. The van der Waals surface area contributed by atoms with E-state index in [0.717, 1.165) is 29.5 Å². The van der Waals surface area contributed by atoms with E-state index in [2.05, 4.69) is 56.6 Å². The van der Waals surface area contributed by atoms with Gasteiger partial charge in [0, 0.05) is 36.2 Å². The van der Waals surface area contributed by atoms with Crippen molar-refractivity contribution in [2.24, 2.45) is 5.92 Å². The molecular weight excluding hydrogens is 216 g/mol. The monoisotopic (exact) mass is 244 g/mol. The fourth-order valence-corrected chi connectivity index (χ4v) is 3.64. The van der Waals surface area contributed by atoms with E-state index in [1.807, 2.05) is 0 Å². The molecule has 0 saturated carbocycles. The van der Waals surface area contributed by atoms with E-state index in [-0.39, 0.29) is 0 Å². The molecular formula is C13H28N2S. The van der Waals surface area contributed by atoms with Gasteiger partial charge in [-0.3, -0.25) is 4.90 Å². The van der Waals surface area contributed by atoms with E-state index >= 15 is 0 Å². The zero-order valence-corrected chi connectivity index (χ0v) is 12.3. The van der Waals surface area contributed by atoms with Crippen LogP contribution in [0, 0.1) is 5.92 Å². The molecule has 0 aliphatic carbocycles. The van der Waals surface area contributed by atoms with E-state index in [4.69, 9.17) is 0 Å². The van der Waals surface area contributed by atoms with Crippen molar-refractivity contribution in [3.63, 3.8) is 0 Å². The van der Waals surface area contributed by atoms with E-state index in [9.17, 15) is 0 Å². The van der Waals surface area contributed by atoms with Crippen LogP contribution in [0.4, 0.5) is 0 Å². The van der Waals surface area contributed by atoms with E-state index < -0.39 is 0 Å². The molecule has 1 saturated heterocycles. The maximum Gasteiger partial charge on any atom is 0.0193 e. The topological polar surface area (TPSA) is 15.3 Å². The van der Waals surface area contributed by atoms with Gasteiger partial charge in [-0.05, 0) is 19.4 Å². The van der Waals surface area contributed by atoms with Crippen molar-refractivity contribution in [3.8, 4) is 0 Å². The average molecular weight is 244 g/mol. The molecule has 16 heavy (non-hydrogen) atoms. The summed E-state index contributed by atoms with van der Waals surface area (Å²) >= 11 is 2.13. The standard InChI is InChI=1S/C13H28N2S/c1-10(2)6-14-7-11(3)15-8-12(4)16-13(5)9-15/h10-14H,6-9H2,1-5H3. The Morgan fingerprint density at radius 2 is 1.69 bits per heavy atom. The molecule has 0 aromatic rings. The Morgan fingerprint density at radius 3 is 2.19 bits per heavy atom. The lowest BCUT2D eigenvalue weighted by molar-refractivity contribution is 0.201. The SMILES string of the molecule is CC(C)CNCC(C)N1CC(C)SC(C)C1. The molecule has 0 spiro atoms. The summed E-state index contributed by atoms with van der Waals surface area (Å²) in [5.41, 5.74) is 0. The Hall–Kier alpha value is 0.270. The molecule has 1 heterocycles. The predicted octanol–water partition coefficient (Wildman–Crippen LogP) is 2.45. The van der Waals surface area contributed by atoms with Crippen LogP contribution in [-0.4, -0.2) is 47.6 Å². The summed E-state index contributed by atoms with van der Waals surface area (Å²) in [6, 6.07) is 0.671. The number of rotatable bonds is 5. The van der Waals surface area contributed by atoms with Crippen LogP contribution in [0.5, 0.6) is 0 Å². The molecule has 0 bridgehead atoms. The van der Waals surface area contributed by atoms with Gasteiger partial charge in [0.1, 0.15) is 0 Å². The van der Waals surface area contributed by atoms with Gasteiger partial charge in [0.05, 0.1) is 0 Å². The minimum absolute atomic E-state index is 0.671. The van der Waals surface area contributed by atoms with Crippen molar-refractivity contribution in [1.29, 1.82) is 0 Å². The maximum atomic E-state index is 3.56. The molecule has 96 valence electrons. The molecule has 1 rings (SSSR count). The molecule has 3 heteroatoms. The van der Waals surface area contributed by atoms with Crippen LogP contribution in [0.15, 0.2) is 0 Å². The van der Waals surface area contributed by atoms with Crippen molar-refractivity contribution < 1.29 is 0 Å². The van der Waals surface area contributed by atoms with Crippen molar-refractivity contribution in [2.45, 2.75) is 51.2 Å². The Balaban J connectivity index is 2.26. The summed E-state index contributed by atoms with van der Waals surface area (Å²) in [7, 11) is 0. The number of hydrogen-bond donors (Lipinski definition) is 1. The van der Waals surface area contributed by atoms with Crippen molar-refractivity contribution in [1.82, 2.24) is 10.2 Å². The average Bonchev–Trinajstić information content (AvgIpc) is 2.15. The molecule has 0 aromatic carbocycles. The molecule has 1 aliphatic heterocycles. The second-order valence-corrected chi connectivity index (χ2v) is 7.49. The number of nitrogens with one attached hydrogen (secondary N) is 1. The summed E-state index contributed by atoms with van der Waals surface area (Å²) in [6.07, 6.45) is 0. The maximum absolute atomic E-state index is 3.56. The normalized spacial score (nSPS) is 29.6. The lowest BCUT2D eigenvalue weighted by atomic mass is 10.2. The van der Waals surface area contributed by atoms with E-state index in [0.29, 0.717) is 6.04 Å². The first-order chi connectivity index (χ1) is 7.49. The molecule has 1 aliphatic rings. The summed E-state index contributed by atoms with van der Waals surface area (Å²) in [6.45, 7) is 16.3. The molecule has 1 N–H and O–H groups in total. The first kappa shape index (κ1) is 14.3. The lowest BCUT2D eigenvalue weighted by Crippen LogP contribution is -2.49. The van der Waals surface area contributed by atoms with Crippen molar-refractivity contribution in [3.05, 3.63) is 0 Å². The van der Waals surface area contributed by atoms with Crippen LogP contribution >= 0.6 is 11.8 Å². The number of hydrogen-bond acceptors (Lipinski definition) is 3. The smallest absolute Gasteiger partial charge is 0.0193 e. The van der Waals surface area contributed by atoms with Gasteiger partial charge >= 0.3 is 0 Å².